The smallest absolute Gasteiger partial charge is 0.321 e. The summed E-state index contributed by atoms with van der Waals surface area (Å²) in [5.74, 6) is 5.12. The molecule has 0 amide bonds. The van der Waals surface area contributed by atoms with Gasteiger partial charge in [0.25, 0.3) is 0 Å². The highest BCUT2D eigenvalue weighted by atomic mass is 35.5. The van der Waals surface area contributed by atoms with E-state index in [4.69, 9.17) is 23.3 Å². The molecular weight excluding hydrogens is 381 g/mol. The lowest BCUT2D eigenvalue weighted by Crippen LogP contribution is -2.43. The van der Waals surface area contributed by atoms with E-state index in [0.29, 0.717) is 16.6 Å². The summed E-state index contributed by atoms with van der Waals surface area (Å²) >= 11 is 6.07. The Bertz CT molecular complexity index is 1010. The predicted molar refractivity (Wildman–Crippen MR) is 97.8 cm³/mol. The Kier molecular flexibility index (Phi) is 4.99. The zero-order valence-corrected chi connectivity index (χ0v) is 14.9. The monoisotopic (exact) mass is 396 g/mol. The van der Waals surface area contributed by atoms with Gasteiger partial charge in [-0.2, -0.15) is 19.0 Å². The molecule has 1 heterocycles. The number of nitrogens with zero attached hydrogens (tertiary/aromatic N) is 3. The zero-order chi connectivity index (χ0) is 19.8. The Morgan fingerprint density at radius 2 is 2.07 bits per heavy atom. The molecule has 2 aromatic carbocycles. The molecule has 27 heavy (non-hydrogen) atoms. The molecule has 10 heteroatoms. The van der Waals surface area contributed by atoms with Crippen molar-refractivity contribution in [1.82, 2.24) is 15.2 Å². The molecule has 5 N–H and O–H groups in total. The molecule has 3 aromatic rings. The molecule has 0 spiro atoms. The molecule has 0 radical (unpaired) electrons. The first-order valence-corrected chi connectivity index (χ1v) is 8.20. The van der Waals surface area contributed by atoms with Crippen molar-refractivity contribution in [2.45, 2.75) is 19.4 Å². The highest BCUT2D eigenvalue weighted by Crippen LogP contribution is 2.32. The first kappa shape index (κ1) is 19.0. The van der Waals surface area contributed by atoms with Crippen molar-refractivity contribution in [3.8, 4) is 0 Å². The summed E-state index contributed by atoms with van der Waals surface area (Å²) in [6.07, 6.45) is 0. The summed E-state index contributed by atoms with van der Waals surface area (Å²) < 4.78 is 44.7. The number of alkyl halides is 2. The third-order valence-electron chi connectivity index (χ3n) is 4.23. The third kappa shape index (κ3) is 3.31. The van der Waals surface area contributed by atoms with Crippen LogP contribution in [0.4, 0.5) is 13.2 Å². The topological polar surface area (TPSA) is 94.2 Å². The molecule has 0 saturated heterocycles. The minimum absolute atomic E-state index is 0.0160. The second-order valence-electron chi connectivity index (χ2n) is 5.87. The number of hydrazine groups is 1. The van der Waals surface area contributed by atoms with Crippen molar-refractivity contribution < 1.29 is 13.2 Å². The minimum atomic E-state index is -3.55. The van der Waals surface area contributed by atoms with E-state index in [1.165, 1.54) is 35.0 Å². The maximum Gasteiger partial charge on any atom is 0.332 e. The summed E-state index contributed by atoms with van der Waals surface area (Å²) in [4.78, 5) is 0. The lowest BCUT2D eigenvalue weighted by Gasteiger charge is -2.18. The standard InChI is InChI=1S/C17H16ClF3N6/c1-9-11-6-5-10(17(20,21)16(24-22)25-23)7-15(11)27(26-9)8-12-13(18)3-2-4-14(12)19/h2-7H,8,22-23H2,1H3,(H,24,25). The SMILES string of the molecule is Cc1nn(Cc2c(F)cccc2Cl)c2cc(C(F)(F)/C(=N/N)NN)ccc12. The van der Waals surface area contributed by atoms with Crippen LogP contribution < -0.4 is 17.1 Å². The first-order valence-electron chi connectivity index (χ1n) is 7.83. The predicted octanol–water partition coefficient (Wildman–Crippen LogP) is 3.01. The first-order chi connectivity index (χ1) is 12.8. The maximum absolute atomic E-state index is 14.6. The Balaban J connectivity index is 2.13. The molecular formula is C17H16ClF3N6. The van der Waals surface area contributed by atoms with Gasteiger partial charge in [0.1, 0.15) is 5.82 Å². The number of rotatable bonds is 4. The van der Waals surface area contributed by atoms with Gasteiger partial charge in [-0.15, -0.1) is 0 Å². The number of hydrazone groups is 1. The molecule has 0 aliphatic rings. The number of halogens is 4. The number of benzene rings is 2. The molecule has 1 aromatic heterocycles. The van der Waals surface area contributed by atoms with Crippen molar-refractivity contribution in [3.05, 3.63) is 64.1 Å². The lowest BCUT2D eigenvalue weighted by molar-refractivity contribution is 0.0714. The average molecular weight is 397 g/mol. The fourth-order valence-corrected chi connectivity index (χ4v) is 3.06. The van der Waals surface area contributed by atoms with Gasteiger partial charge in [-0.05, 0) is 25.1 Å². The summed E-state index contributed by atoms with van der Waals surface area (Å²) in [6.45, 7) is 1.71. The molecule has 0 aliphatic heterocycles. The van der Waals surface area contributed by atoms with Crippen molar-refractivity contribution in [3.63, 3.8) is 0 Å². The van der Waals surface area contributed by atoms with Crippen LogP contribution in [0.5, 0.6) is 0 Å². The van der Waals surface area contributed by atoms with Crippen LogP contribution in [0.2, 0.25) is 5.02 Å². The van der Waals surface area contributed by atoms with E-state index in [2.05, 4.69) is 10.2 Å². The van der Waals surface area contributed by atoms with Crippen molar-refractivity contribution in [2.75, 3.05) is 0 Å². The highest BCUT2D eigenvalue weighted by Gasteiger charge is 2.39. The van der Waals surface area contributed by atoms with Gasteiger partial charge < -0.3 is 11.3 Å². The maximum atomic E-state index is 14.6. The minimum Gasteiger partial charge on any atom is -0.321 e. The van der Waals surface area contributed by atoms with Crippen molar-refractivity contribution in [1.29, 1.82) is 0 Å². The van der Waals surface area contributed by atoms with Crippen LogP contribution in [0.3, 0.4) is 0 Å². The van der Waals surface area contributed by atoms with Gasteiger partial charge >= 0.3 is 5.92 Å². The number of nitrogens with two attached hydrogens (primary N) is 2. The van der Waals surface area contributed by atoms with Crippen LogP contribution in [-0.2, 0) is 12.5 Å². The number of hydrogen-bond acceptors (Lipinski definition) is 4. The molecule has 142 valence electrons. The van der Waals surface area contributed by atoms with Crippen molar-refractivity contribution >= 4 is 28.3 Å². The number of hydrogen-bond donors (Lipinski definition) is 3. The third-order valence-corrected chi connectivity index (χ3v) is 4.59. The van der Waals surface area contributed by atoms with Crippen LogP contribution in [0.15, 0.2) is 41.5 Å². The van der Waals surface area contributed by atoms with E-state index < -0.39 is 23.1 Å². The van der Waals surface area contributed by atoms with E-state index in [1.807, 2.05) is 0 Å². The summed E-state index contributed by atoms with van der Waals surface area (Å²) in [6, 6.07) is 8.29. The molecule has 0 fully saturated rings. The van der Waals surface area contributed by atoms with Gasteiger partial charge in [0.15, 0.2) is 0 Å². The van der Waals surface area contributed by atoms with Crippen LogP contribution in [0, 0.1) is 12.7 Å². The Labute approximate surface area is 157 Å². The lowest BCUT2D eigenvalue weighted by atomic mass is 10.0. The van der Waals surface area contributed by atoms with Gasteiger partial charge in [0, 0.05) is 21.5 Å². The zero-order valence-electron chi connectivity index (χ0n) is 14.2. The van der Waals surface area contributed by atoms with Crippen LogP contribution in [-0.4, -0.2) is 15.6 Å². The van der Waals surface area contributed by atoms with E-state index in [-0.39, 0.29) is 17.1 Å². The average Bonchev–Trinajstić information content (AvgIpc) is 2.94. The number of aromatic nitrogens is 2. The molecule has 6 nitrogen and oxygen atoms in total. The van der Waals surface area contributed by atoms with E-state index in [0.717, 1.165) is 0 Å². The second kappa shape index (κ2) is 7.09. The Morgan fingerprint density at radius 3 is 2.70 bits per heavy atom. The van der Waals surface area contributed by atoms with E-state index in [9.17, 15) is 13.2 Å². The Hall–Kier alpha value is -2.78. The fraction of sp³-hybridized carbons (Fsp3) is 0.176. The quantitative estimate of drug-likeness (QED) is 0.273. The van der Waals surface area contributed by atoms with Gasteiger partial charge in [-0.3, -0.25) is 4.68 Å². The number of nitrogens with one attached hydrogen (secondary N) is 1. The van der Waals surface area contributed by atoms with Crippen LogP contribution in [0.1, 0.15) is 16.8 Å². The van der Waals surface area contributed by atoms with Gasteiger partial charge in [-0.25, -0.2) is 10.2 Å². The van der Waals surface area contributed by atoms with Crippen LogP contribution >= 0.6 is 11.6 Å². The number of aryl methyl sites for hydroxylation is 1. The molecule has 0 bridgehead atoms. The molecule has 0 unspecified atom stereocenters. The molecule has 0 atom stereocenters. The van der Waals surface area contributed by atoms with Crippen LogP contribution in [0.25, 0.3) is 10.9 Å². The van der Waals surface area contributed by atoms with E-state index in [1.54, 1.807) is 18.4 Å². The summed E-state index contributed by atoms with van der Waals surface area (Å²) in [5, 5.41) is 8.19. The summed E-state index contributed by atoms with van der Waals surface area (Å²) in [5.41, 5.74) is 2.62. The van der Waals surface area contributed by atoms with Gasteiger partial charge in [0.05, 0.1) is 17.8 Å². The second-order valence-corrected chi connectivity index (χ2v) is 6.28. The van der Waals surface area contributed by atoms with Gasteiger partial charge in [0.2, 0.25) is 5.84 Å². The van der Waals surface area contributed by atoms with Crippen molar-refractivity contribution in [2.24, 2.45) is 16.8 Å². The normalized spacial score (nSPS) is 12.6. The Morgan fingerprint density at radius 1 is 1.33 bits per heavy atom. The molecule has 0 saturated carbocycles. The number of amidine groups is 1. The fourth-order valence-electron chi connectivity index (χ4n) is 2.83. The van der Waals surface area contributed by atoms with Gasteiger partial charge in [-0.1, -0.05) is 29.8 Å². The molecule has 0 aliphatic carbocycles. The summed E-state index contributed by atoms with van der Waals surface area (Å²) in [7, 11) is 0. The largest absolute Gasteiger partial charge is 0.332 e. The molecule has 3 rings (SSSR count). The highest BCUT2D eigenvalue weighted by molar-refractivity contribution is 6.31. The van der Waals surface area contributed by atoms with E-state index >= 15 is 0 Å². The number of fused-ring (bicyclic) bond motifs is 1.